The first kappa shape index (κ1) is 16.3. The molecule has 5 heteroatoms. The molecule has 114 valence electrons. The van der Waals surface area contributed by atoms with E-state index in [0.717, 1.165) is 49.6 Å². The fraction of sp³-hybridized carbons (Fsp3) is 0.800. The zero-order valence-electron chi connectivity index (χ0n) is 12.8. The van der Waals surface area contributed by atoms with Crippen molar-refractivity contribution < 1.29 is 5.11 Å². The third kappa shape index (κ3) is 5.02. The van der Waals surface area contributed by atoms with Crippen molar-refractivity contribution in [3.8, 4) is 0 Å². The second-order valence-electron chi connectivity index (χ2n) is 6.04. The smallest absolute Gasteiger partial charge is 0.0956 e. The summed E-state index contributed by atoms with van der Waals surface area (Å²) in [6, 6.07) is 0. The minimum atomic E-state index is -0.536. The van der Waals surface area contributed by atoms with Gasteiger partial charge in [0.2, 0.25) is 0 Å². The molecular formula is C15H26N2OS2. The monoisotopic (exact) mass is 314 g/mol. The molecule has 1 aliphatic heterocycles. The standard InChI is InChI=1S/C15H26N2OS2/c1-12(2)19-9-8-17-6-4-15(18,5-7-17)10-14-16-13(3)11-20-14/h11-12,18H,4-10H2,1-3H3. The van der Waals surface area contributed by atoms with Crippen molar-refractivity contribution in [2.45, 2.75) is 50.9 Å². The van der Waals surface area contributed by atoms with Gasteiger partial charge in [0, 0.05) is 42.9 Å². The number of aliphatic hydroxyl groups is 1. The van der Waals surface area contributed by atoms with Crippen molar-refractivity contribution in [3.05, 3.63) is 16.1 Å². The SMILES string of the molecule is Cc1csc(CC2(O)CCN(CCSC(C)C)CC2)n1. The summed E-state index contributed by atoms with van der Waals surface area (Å²) in [6.07, 6.45) is 2.47. The molecule has 0 bridgehead atoms. The van der Waals surface area contributed by atoms with Crippen molar-refractivity contribution in [3.63, 3.8) is 0 Å². The van der Waals surface area contributed by atoms with E-state index >= 15 is 0 Å². The van der Waals surface area contributed by atoms with Crippen LogP contribution in [0.1, 0.15) is 37.4 Å². The van der Waals surface area contributed by atoms with Crippen LogP contribution in [0.4, 0.5) is 0 Å². The van der Waals surface area contributed by atoms with Crippen molar-refractivity contribution in [2.75, 3.05) is 25.4 Å². The highest BCUT2D eigenvalue weighted by atomic mass is 32.2. The quantitative estimate of drug-likeness (QED) is 0.876. The van der Waals surface area contributed by atoms with E-state index in [-0.39, 0.29) is 0 Å². The van der Waals surface area contributed by atoms with Crippen LogP contribution in [0, 0.1) is 6.92 Å². The molecule has 0 aliphatic carbocycles. The van der Waals surface area contributed by atoms with Gasteiger partial charge in [-0.2, -0.15) is 11.8 Å². The van der Waals surface area contributed by atoms with Gasteiger partial charge in [0.25, 0.3) is 0 Å². The van der Waals surface area contributed by atoms with Gasteiger partial charge in [0.1, 0.15) is 0 Å². The zero-order valence-corrected chi connectivity index (χ0v) is 14.4. The van der Waals surface area contributed by atoms with Gasteiger partial charge in [0.15, 0.2) is 0 Å². The lowest BCUT2D eigenvalue weighted by Gasteiger charge is -2.37. The maximum absolute atomic E-state index is 10.7. The van der Waals surface area contributed by atoms with E-state index in [2.05, 4.69) is 29.1 Å². The Bertz CT molecular complexity index is 412. The second-order valence-corrected chi connectivity index (χ2v) is 8.67. The molecular weight excluding hydrogens is 288 g/mol. The largest absolute Gasteiger partial charge is 0.389 e. The first-order valence-corrected chi connectivity index (χ1v) is 9.37. The summed E-state index contributed by atoms with van der Waals surface area (Å²) in [4.78, 5) is 6.96. The summed E-state index contributed by atoms with van der Waals surface area (Å²) in [5.41, 5.74) is 0.531. The molecule has 1 saturated heterocycles. The van der Waals surface area contributed by atoms with Crippen molar-refractivity contribution in [1.29, 1.82) is 0 Å². The van der Waals surface area contributed by atoms with Gasteiger partial charge in [-0.1, -0.05) is 13.8 Å². The number of aryl methyl sites for hydroxylation is 1. The first-order chi connectivity index (χ1) is 9.47. The van der Waals surface area contributed by atoms with Crippen LogP contribution in [0.2, 0.25) is 0 Å². The molecule has 0 radical (unpaired) electrons. The molecule has 2 rings (SSSR count). The van der Waals surface area contributed by atoms with Crippen molar-refractivity contribution in [1.82, 2.24) is 9.88 Å². The van der Waals surface area contributed by atoms with E-state index in [4.69, 9.17) is 0 Å². The van der Waals surface area contributed by atoms with E-state index in [9.17, 15) is 5.11 Å². The number of hydrogen-bond donors (Lipinski definition) is 1. The maximum atomic E-state index is 10.7. The number of rotatable bonds is 6. The number of thioether (sulfide) groups is 1. The number of nitrogens with zero attached hydrogens (tertiary/aromatic N) is 2. The number of piperidine rings is 1. The lowest BCUT2D eigenvalue weighted by molar-refractivity contribution is -0.0192. The topological polar surface area (TPSA) is 36.4 Å². The highest BCUT2D eigenvalue weighted by Gasteiger charge is 2.33. The van der Waals surface area contributed by atoms with Gasteiger partial charge in [-0.3, -0.25) is 0 Å². The Morgan fingerprint density at radius 1 is 1.45 bits per heavy atom. The zero-order chi connectivity index (χ0) is 14.6. The van der Waals surface area contributed by atoms with Crippen LogP contribution in [-0.2, 0) is 6.42 Å². The van der Waals surface area contributed by atoms with Crippen LogP contribution >= 0.6 is 23.1 Å². The Kier molecular flexibility index (Phi) is 5.90. The fourth-order valence-corrected chi connectivity index (χ4v) is 4.30. The van der Waals surface area contributed by atoms with E-state index in [0.29, 0.717) is 5.25 Å². The Morgan fingerprint density at radius 2 is 2.15 bits per heavy atom. The van der Waals surface area contributed by atoms with Crippen molar-refractivity contribution in [2.24, 2.45) is 0 Å². The molecule has 0 unspecified atom stereocenters. The average molecular weight is 315 g/mol. The molecule has 1 aliphatic rings. The molecule has 0 aromatic carbocycles. The van der Waals surface area contributed by atoms with Crippen LogP contribution in [0.25, 0.3) is 0 Å². The van der Waals surface area contributed by atoms with Crippen LogP contribution in [-0.4, -0.2) is 51.2 Å². The molecule has 0 amide bonds. The van der Waals surface area contributed by atoms with Crippen molar-refractivity contribution >= 4 is 23.1 Å². The summed E-state index contributed by atoms with van der Waals surface area (Å²) in [5.74, 6) is 1.20. The van der Waals surface area contributed by atoms with Gasteiger partial charge in [-0.05, 0) is 25.0 Å². The summed E-state index contributed by atoms with van der Waals surface area (Å²) in [6.45, 7) is 9.68. The first-order valence-electron chi connectivity index (χ1n) is 7.44. The van der Waals surface area contributed by atoms with Crippen LogP contribution in [0.5, 0.6) is 0 Å². The predicted octanol–water partition coefficient (Wildman–Crippen LogP) is 2.96. The summed E-state index contributed by atoms with van der Waals surface area (Å²) >= 11 is 3.69. The molecule has 20 heavy (non-hydrogen) atoms. The number of likely N-dealkylation sites (tertiary alicyclic amines) is 1. The highest BCUT2D eigenvalue weighted by Crippen LogP contribution is 2.27. The Hall–Kier alpha value is -0.100. The lowest BCUT2D eigenvalue weighted by Crippen LogP contribution is -2.46. The number of hydrogen-bond acceptors (Lipinski definition) is 5. The van der Waals surface area contributed by atoms with Crippen LogP contribution in [0.15, 0.2) is 5.38 Å². The fourth-order valence-electron chi connectivity index (χ4n) is 2.55. The summed E-state index contributed by atoms with van der Waals surface area (Å²) in [5, 5.41) is 14.6. The molecule has 1 fully saturated rings. The van der Waals surface area contributed by atoms with Gasteiger partial charge in [-0.25, -0.2) is 4.98 Å². The minimum absolute atomic E-state index is 0.536. The number of aromatic nitrogens is 1. The van der Waals surface area contributed by atoms with Gasteiger partial charge >= 0.3 is 0 Å². The highest BCUT2D eigenvalue weighted by molar-refractivity contribution is 7.99. The van der Waals surface area contributed by atoms with Crippen LogP contribution in [0.3, 0.4) is 0 Å². The van der Waals surface area contributed by atoms with Gasteiger partial charge < -0.3 is 10.0 Å². The molecule has 1 N–H and O–H groups in total. The normalized spacial score (nSPS) is 19.6. The molecule has 0 atom stereocenters. The maximum Gasteiger partial charge on any atom is 0.0956 e. The van der Waals surface area contributed by atoms with E-state index in [1.54, 1.807) is 11.3 Å². The molecule has 0 saturated carbocycles. The Labute approximate surface area is 130 Å². The predicted molar refractivity (Wildman–Crippen MR) is 88.8 cm³/mol. The average Bonchev–Trinajstić information content (AvgIpc) is 2.77. The minimum Gasteiger partial charge on any atom is -0.389 e. The molecule has 3 nitrogen and oxygen atoms in total. The molecule has 0 spiro atoms. The van der Waals surface area contributed by atoms with E-state index in [1.807, 2.05) is 18.7 Å². The summed E-state index contributed by atoms with van der Waals surface area (Å²) in [7, 11) is 0. The Morgan fingerprint density at radius 3 is 2.70 bits per heavy atom. The van der Waals surface area contributed by atoms with Gasteiger partial charge in [0.05, 0.1) is 10.6 Å². The molecule has 1 aromatic heterocycles. The Balaban J connectivity index is 1.75. The summed E-state index contributed by atoms with van der Waals surface area (Å²) < 4.78 is 0. The second kappa shape index (κ2) is 7.25. The molecule has 1 aromatic rings. The third-order valence-electron chi connectivity index (χ3n) is 3.79. The van der Waals surface area contributed by atoms with E-state index < -0.39 is 5.60 Å². The third-order valence-corrected chi connectivity index (χ3v) is 5.84. The van der Waals surface area contributed by atoms with Gasteiger partial charge in [-0.15, -0.1) is 11.3 Å². The molecule has 2 heterocycles. The lowest BCUT2D eigenvalue weighted by atomic mass is 9.88. The number of thiazole rings is 1. The van der Waals surface area contributed by atoms with E-state index in [1.165, 1.54) is 5.75 Å². The van der Waals surface area contributed by atoms with Crippen LogP contribution < -0.4 is 0 Å².